The van der Waals surface area contributed by atoms with Crippen LogP contribution in [0.1, 0.15) is 26.2 Å². The molecule has 0 spiro atoms. The zero-order valence-corrected chi connectivity index (χ0v) is 12.9. The average molecular weight is 312 g/mol. The van der Waals surface area contributed by atoms with Gasteiger partial charge in [-0.1, -0.05) is 5.16 Å². The molecule has 0 unspecified atom stereocenters. The molecule has 0 amide bonds. The molecule has 1 aliphatic heterocycles. The third kappa shape index (κ3) is 2.44. The second-order valence-electron chi connectivity index (χ2n) is 5.95. The Morgan fingerprint density at radius 2 is 2.00 bits per heavy atom. The molecule has 0 N–H and O–H groups in total. The molecular weight excluding hydrogens is 295 g/mol. The van der Waals surface area contributed by atoms with Crippen molar-refractivity contribution in [1.82, 2.24) is 15.1 Å². The van der Waals surface area contributed by atoms with Crippen LogP contribution in [0.5, 0.6) is 0 Å². The van der Waals surface area contributed by atoms with Crippen LogP contribution >= 0.6 is 0 Å². The molecule has 5 nitrogen and oxygen atoms in total. The maximum Gasteiger partial charge on any atom is 0.263 e. The highest BCUT2D eigenvalue weighted by molar-refractivity contribution is 5.97. The monoisotopic (exact) mass is 312 g/mol. The molecule has 3 heterocycles. The Kier molecular flexibility index (Phi) is 3.44. The second kappa shape index (κ2) is 5.61. The largest absolute Gasteiger partial charge is 0.353 e. The molecule has 1 atom stereocenters. The van der Waals surface area contributed by atoms with Gasteiger partial charge in [0.15, 0.2) is 0 Å². The predicted molar refractivity (Wildman–Crippen MR) is 85.7 cm³/mol. The smallest absolute Gasteiger partial charge is 0.263 e. The van der Waals surface area contributed by atoms with Crippen molar-refractivity contribution < 1.29 is 8.91 Å². The maximum absolute atomic E-state index is 13.2. The number of halogens is 1. The lowest BCUT2D eigenvalue weighted by Gasteiger charge is -2.34. The number of fused-ring (bicyclic) bond motifs is 1. The third-order valence-electron chi connectivity index (χ3n) is 4.45. The fourth-order valence-electron chi connectivity index (χ4n) is 3.21. The van der Waals surface area contributed by atoms with Crippen LogP contribution in [-0.4, -0.2) is 27.7 Å². The molecule has 23 heavy (non-hydrogen) atoms. The van der Waals surface area contributed by atoms with E-state index in [1.807, 2.05) is 0 Å². The molecule has 0 radical (unpaired) electrons. The number of nitrogens with zero attached hydrogens (tertiary/aromatic N) is 4. The number of piperidine rings is 1. The maximum atomic E-state index is 13.2. The van der Waals surface area contributed by atoms with Gasteiger partial charge in [-0.2, -0.15) is 4.98 Å². The van der Waals surface area contributed by atoms with Crippen molar-refractivity contribution in [2.45, 2.75) is 32.2 Å². The normalized spacial score (nSPS) is 18.5. The Balaban J connectivity index is 1.88. The van der Waals surface area contributed by atoms with Crippen LogP contribution in [-0.2, 0) is 0 Å². The summed E-state index contributed by atoms with van der Waals surface area (Å²) in [5.74, 6) is 0.574. The van der Waals surface area contributed by atoms with Crippen LogP contribution in [0.2, 0.25) is 0 Å². The van der Waals surface area contributed by atoms with Crippen LogP contribution in [0, 0.1) is 5.82 Å². The van der Waals surface area contributed by atoms with E-state index in [-0.39, 0.29) is 5.82 Å². The van der Waals surface area contributed by atoms with Crippen LogP contribution in [0.4, 0.5) is 10.2 Å². The van der Waals surface area contributed by atoms with E-state index >= 15 is 0 Å². The highest BCUT2D eigenvalue weighted by atomic mass is 19.1. The van der Waals surface area contributed by atoms with E-state index < -0.39 is 0 Å². The fraction of sp³-hybridized carbons (Fsp3) is 0.353. The van der Waals surface area contributed by atoms with Crippen LogP contribution < -0.4 is 4.90 Å². The van der Waals surface area contributed by atoms with Crippen LogP contribution in [0.15, 0.2) is 35.1 Å². The highest BCUT2D eigenvalue weighted by Gasteiger charge is 2.25. The Bertz CT molecular complexity index is 830. The van der Waals surface area contributed by atoms with Crippen LogP contribution in [0.25, 0.3) is 22.4 Å². The Hall–Kier alpha value is -2.50. The number of benzene rings is 1. The second-order valence-corrected chi connectivity index (χ2v) is 5.95. The summed E-state index contributed by atoms with van der Waals surface area (Å²) in [5, 5.41) is 4.95. The van der Waals surface area contributed by atoms with E-state index in [4.69, 9.17) is 4.52 Å². The van der Waals surface area contributed by atoms with Gasteiger partial charge in [0.1, 0.15) is 29.0 Å². The van der Waals surface area contributed by atoms with Gasteiger partial charge in [0.2, 0.25) is 0 Å². The summed E-state index contributed by atoms with van der Waals surface area (Å²) in [7, 11) is 0. The molecule has 118 valence electrons. The first-order valence-electron chi connectivity index (χ1n) is 7.87. The van der Waals surface area contributed by atoms with Gasteiger partial charge in [0, 0.05) is 18.2 Å². The summed E-state index contributed by atoms with van der Waals surface area (Å²) >= 11 is 0. The summed E-state index contributed by atoms with van der Waals surface area (Å²) in [6.07, 6.45) is 5.04. The van der Waals surface area contributed by atoms with Crippen molar-refractivity contribution in [2.75, 3.05) is 11.4 Å². The Labute approximate surface area is 133 Å². The van der Waals surface area contributed by atoms with Gasteiger partial charge in [-0.15, -0.1) is 0 Å². The first-order chi connectivity index (χ1) is 11.2. The van der Waals surface area contributed by atoms with Gasteiger partial charge in [-0.05, 0) is 50.5 Å². The van der Waals surface area contributed by atoms with Crippen molar-refractivity contribution >= 4 is 16.9 Å². The van der Waals surface area contributed by atoms with E-state index in [1.54, 1.807) is 12.1 Å². The predicted octanol–water partition coefficient (Wildman–Crippen LogP) is 3.80. The first kappa shape index (κ1) is 14.1. The summed E-state index contributed by atoms with van der Waals surface area (Å²) in [6.45, 7) is 3.17. The standard InChI is InChI=1S/C17H17FN4O/c1-11-4-2-3-9-22(11)16-14-15(12-5-7-13(18)8-6-12)21-23-17(14)20-10-19-16/h5-8,10-11H,2-4,9H2,1H3/t11-/m1/s1. The lowest BCUT2D eigenvalue weighted by atomic mass is 10.0. The zero-order chi connectivity index (χ0) is 15.8. The van der Waals surface area contributed by atoms with Crippen molar-refractivity contribution in [3.8, 4) is 11.3 Å². The molecule has 2 aromatic heterocycles. The number of aromatic nitrogens is 3. The zero-order valence-electron chi connectivity index (χ0n) is 12.9. The lowest BCUT2D eigenvalue weighted by molar-refractivity contribution is 0.451. The molecule has 1 aromatic carbocycles. The molecule has 0 aliphatic carbocycles. The molecule has 1 aliphatic rings. The van der Waals surface area contributed by atoms with Gasteiger partial charge in [-0.3, -0.25) is 0 Å². The molecule has 1 fully saturated rings. The van der Waals surface area contributed by atoms with Crippen molar-refractivity contribution in [3.05, 3.63) is 36.4 Å². The number of hydrogen-bond acceptors (Lipinski definition) is 5. The van der Waals surface area contributed by atoms with Gasteiger partial charge < -0.3 is 9.42 Å². The summed E-state index contributed by atoms with van der Waals surface area (Å²) in [4.78, 5) is 11.0. The minimum absolute atomic E-state index is 0.275. The summed E-state index contributed by atoms with van der Waals surface area (Å²) < 4.78 is 18.6. The summed E-state index contributed by atoms with van der Waals surface area (Å²) in [6, 6.07) is 6.65. The average Bonchev–Trinajstić information content (AvgIpc) is 3.00. The van der Waals surface area contributed by atoms with Crippen molar-refractivity contribution in [1.29, 1.82) is 0 Å². The minimum atomic E-state index is -0.275. The molecule has 0 saturated carbocycles. The molecule has 1 saturated heterocycles. The van der Waals surface area contributed by atoms with Crippen molar-refractivity contribution in [2.24, 2.45) is 0 Å². The summed E-state index contributed by atoms with van der Waals surface area (Å²) in [5.41, 5.74) is 1.92. The van der Waals surface area contributed by atoms with Crippen LogP contribution in [0.3, 0.4) is 0 Å². The SMILES string of the molecule is C[C@@H]1CCCCN1c1ncnc2onc(-c3ccc(F)cc3)c12. The molecular formula is C17H17FN4O. The van der Waals surface area contributed by atoms with E-state index in [9.17, 15) is 4.39 Å². The number of anilines is 1. The number of rotatable bonds is 2. The fourth-order valence-corrected chi connectivity index (χ4v) is 3.21. The Morgan fingerprint density at radius 1 is 1.17 bits per heavy atom. The van der Waals surface area contributed by atoms with Gasteiger partial charge >= 0.3 is 0 Å². The third-order valence-corrected chi connectivity index (χ3v) is 4.45. The van der Waals surface area contributed by atoms with E-state index in [0.29, 0.717) is 17.4 Å². The van der Waals surface area contributed by atoms with Gasteiger partial charge in [0.25, 0.3) is 5.71 Å². The van der Waals surface area contributed by atoms with Gasteiger partial charge in [-0.25, -0.2) is 9.37 Å². The van der Waals surface area contributed by atoms with Crippen molar-refractivity contribution in [3.63, 3.8) is 0 Å². The van der Waals surface area contributed by atoms with E-state index in [0.717, 1.165) is 36.2 Å². The molecule has 4 rings (SSSR count). The molecule has 3 aromatic rings. The first-order valence-corrected chi connectivity index (χ1v) is 7.87. The quantitative estimate of drug-likeness (QED) is 0.720. The van der Waals surface area contributed by atoms with Gasteiger partial charge in [0.05, 0.1) is 0 Å². The molecule has 0 bridgehead atoms. The molecule has 6 heteroatoms. The van der Waals surface area contributed by atoms with E-state index in [2.05, 4.69) is 26.9 Å². The topological polar surface area (TPSA) is 55.1 Å². The highest BCUT2D eigenvalue weighted by Crippen LogP contribution is 2.35. The van der Waals surface area contributed by atoms with E-state index in [1.165, 1.54) is 24.9 Å². The Morgan fingerprint density at radius 3 is 2.78 bits per heavy atom. The number of hydrogen-bond donors (Lipinski definition) is 0. The minimum Gasteiger partial charge on any atom is -0.353 e. The lowest BCUT2D eigenvalue weighted by Crippen LogP contribution is -2.38.